The van der Waals surface area contributed by atoms with E-state index in [4.69, 9.17) is 9.84 Å². The van der Waals surface area contributed by atoms with Gasteiger partial charge in [-0.2, -0.15) is 0 Å². The standard InChI is InChI=1S/C13H18O4/c1-2-3-4-5-8-17-12-9-10(14)6-7-11(12)13(15)16/h6-7,9,14H,2-5,8H2,1H3,(H,15,16). The van der Waals surface area contributed by atoms with Crippen LogP contribution in [0.3, 0.4) is 0 Å². The second kappa shape index (κ2) is 6.78. The summed E-state index contributed by atoms with van der Waals surface area (Å²) in [5.41, 5.74) is 0.0818. The van der Waals surface area contributed by atoms with Gasteiger partial charge < -0.3 is 14.9 Å². The van der Waals surface area contributed by atoms with Crippen molar-refractivity contribution >= 4 is 5.97 Å². The van der Waals surface area contributed by atoms with Gasteiger partial charge in [0.2, 0.25) is 0 Å². The molecule has 1 aromatic carbocycles. The summed E-state index contributed by atoms with van der Waals surface area (Å²) in [6.07, 6.45) is 4.25. The van der Waals surface area contributed by atoms with Crippen molar-refractivity contribution in [1.82, 2.24) is 0 Å². The number of benzene rings is 1. The average Bonchev–Trinajstić information content (AvgIpc) is 2.28. The van der Waals surface area contributed by atoms with Gasteiger partial charge in [0, 0.05) is 6.07 Å². The van der Waals surface area contributed by atoms with Crippen LogP contribution in [0.4, 0.5) is 0 Å². The number of phenolic OH excluding ortho intramolecular Hbond substituents is 1. The van der Waals surface area contributed by atoms with Crippen LogP contribution in [-0.2, 0) is 0 Å². The van der Waals surface area contributed by atoms with E-state index in [9.17, 15) is 9.90 Å². The molecule has 0 aliphatic carbocycles. The third-order valence-electron chi connectivity index (χ3n) is 2.45. The molecule has 0 spiro atoms. The molecule has 0 radical (unpaired) electrons. The highest BCUT2D eigenvalue weighted by Gasteiger charge is 2.11. The molecular formula is C13H18O4. The zero-order valence-corrected chi connectivity index (χ0v) is 9.98. The molecule has 0 saturated heterocycles. The van der Waals surface area contributed by atoms with Crippen molar-refractivity contribution < 1.29 is 19.7 Å². The highest BCUT2D eigenvalue weighted by Crippen LogP contribution is 2.24. The van der Waals surface area contributed by atoms with Gasteiger partial charge in [-0.3, -0.25) is 0 Å². The normalized spacial score (nSPS) is 10.2. The van der Waals surface area contributed by atoms with E-state index in [0.29, 0.717) is 6.61 Å². The predicted octanol–water partition coefficient (Wildman–Crippen LogP) is 3.05. The summed E-state index contributed by atoms with van der Waals surface area (Å²) < 4.78 is 5.39. The number of phenols is 1. The maximum atomic E-state index is 10.9. The monoisotopic (exact) mass is 238 g/mol. The second-order valence-corrected chi connectivity index (χ2v) is 3.89. The zero-order chi connectivity index (χ0) is 12.7. The summed E-state index contributed by atoms with van der Waals surface area (Å²) in [4.78, 5) is 10.9. The van der Waals surface area contributed by atoms with Crippen LogP contribution >= 0.6 is 0 Å². The quantitative estimate of drug-likeness (QED) is 0.716. The molecule has 0 aromatic heterocycles. The molecule has 0 heterocycles. The zero-order valence-electron chi connectivity index (χ0n) is 9.98. The van der Waals surface area contributed by atoms with Crippen molar-refractivity contribution in [2.45, 2.75) is 32.6 Å². The fourth-order valence-electron chi connectivity index (χ4n) is 1.52. The van der Waals surface area contributed by atoms with Crippen molar-refractivity contribution in [3.8, 4) is 11.5 Å². The van der Waals surface area contributed by atoms with Crippen molar-refractivity contribution in [1.29, 1.82) is 0 Å². The fourth-order valence-corrected chi connectivity index (χ4v) is 1.52. The maximum Gasteiger partial charge on any atom is 0.339 e. The molecule has 1 rings (SSSR count). The highest BCUT2D eigenvalue weighted by atomic mass is 16.5. The van der Waals surface area contributed by atoms with Crippen LogP contribution in [0.5, 0.6) is 11.5 Å². The summed E-state index contributed by atoms with van der Waals surface area (Å²) in [5.74, 6) is -0.805. The smallest absolute Gasteiger partial charge is 0.339 e. The van der Waals surface area contributed by atoms with E-state index in [-0.39, 0.29) is 17.1 Å². The van der Waals surface area contributed by atoms with Gasteiger partial charge in [-0.05, 0) is 18.6 Å². The number of carbonyl (C=O) groups is 1. The molecule has 0 saturated carbocycles. The van der Waals surface area contributed by atoms with Crippen molar-refractivity contribution in [2.75, 3.05) is 6.61 Å². The second-order valence-electron chi connectivity index (χ2n) is 3.89. The molecule has 4 nitrogen and oxygen atoms in total. The Bertz CT molecular complexity index is 374. The van der Waals surface area contributed by atoms with E-state index in [1.807, 2.05) is 0 Å². The van der Waals surface area contributed by atoms with Gasteiger partial charge in [-0.25, -0.2) is 4.79 Å². The first-order valence-corrected chi connectivity index (χ1v) is 5.84. The van der Waals surface area contributed by atoms with Crippen molar-refractivity contribution in [3.63, 3.8) is 0 Å². The summed E-state index contributed by atoms with van der Waals surface area (Å²) in [7, 11) is 0. The van der Waals surface area contributed by atoms with Gasteiger partial charge in [-0.15, -0.1) is 0 Å². The first-order valence-electron chi connectivity index (χ1n) is 5.84. The minimum absolute atomic E-state index is 0.0126. The van der Waals surface area contributed by atoms with Crippen LogP contribution in [0.15, 0.2) is 18.2 Å². The summed E-state index contributed by atoms with van der Waals surface area (Å²) in [6.45, 7) is 2.60. The number of carboxylic acids is 1. The van der Waals surface area contributed by atoms with Crippen molar-refractivity contribution in [2.24, 2.45) is 0 Å². The van der Waals surface area contributed by atoms with Crippen LogP contribution in [0, 0.1) is 0 Å². The number of hydrogen-bond donors (Lipinski definition) is 2. The van der Waals surface area contributed by atoms with Gasteiger partial charge >= 0.3 is 5.97 Å². The van der Waals surface area contributed by atoms with E-state index in [1.165, 1.54) is 18.2 Å². The Balaban J connectivity index is 2.56. The molecule has 0 aliphatic heterocycles. The number of aromatic hydroxyl groups is 1. The molecule has 17 heavy (non-hydrogen) atoms. The minimum Gasteiger partial charge on any atom is -0.508 e. The Morgan fingerprint density at radius 2 is 2.06 bits per heavy atom. The maximum absolute atomic E-state index is 10.9. The molecule has 2 N–H and O–H groups in total. The number of rotatable bonds is 7. The number of carboxylic acid groups (broad SMARTS) is 1. The molecule has 94 valence electrons. The Labute approximate surface area is 101 Å². The van der Waals surface area contributed by atoms with E-state index in [0.717, 1.165) is 25.7 Å². The van der Waals surface area contributed by atoms with Crippen LogP contribution < -0.4 is 4.74 Å². The third-order valence-corrected chi connectivity index (χ3v) is 2.45. The summed E-state index contributed by atoms with van der Waals surface area (Å²) >= 11 is 0. The largest absolute Gasteiger partial charge is 0.508 e. The number of aromatic carboxylic acids is 1. The molecule has 4 heteroatoms. The van der Waals surface area contributed by atoms with Crippen molar-refractivity contribution in [3.05, 3.63) is 23.8 Å². The molecule has 0 atom stereocenters. The molecule has 0 fully saturated rings. The molecule has 0 amide bonds. The van der Waals surface area contributed by atoms with Gasteiger partial charge in [0.15, 0.2) is 0 Å². The topological polar surface area (TPSA) is 66.8 Å². The highest BCUT2D eigenvalue weighted by molar-refractivity contribution is 5.91. The Morgan fingerprint density at radius 1 is 1.29 bits per heavy atom. The predicted molar refractivity (Wildman–Crippen MR) is 64.7 cm³/mol. The summed E-state index contributed by atoms with van der Waals surface area (Å²) in [5, 5.41) is 18.2. The Kier molecular flexibility index (Phi) is 5.33. The lowest BCUT2D eigenvalue weighted by atomic mass is 10.2. The average molecular weight is 238 g/mol. The Morgan fingerprint density at radius 3 is 2.71 bits per heavy atom. The molecule has 0 unspecified atom stereocenters. The van der Waals surface area contributed by atoms with Crippen LogP contribution in [0.25, 0.3) is 0 Å². The first kappa shape index (κ1) is 13.4. The lowest BCUT2D eigenvalue weighted by Gasteiger charge is -2.09. The van der Waals surface area contributed by atoms with Gasteiger partial charge in [0.05, 0.1) is 6.61 Å². The van der Waals surface area contributed by atoms with Crippen LogP contribution in [0.1, 0.15) is 43.0 Å². The molecule has 1 aromatic rings. The van der Waals surface area contributed by atoms with Gasteiger partial charge in [0.1, 0.15) is 17.1 Å². The number of ether oxygens (including phenoxy) is 1. The van der Waals surface area contributed by atoms with Crippen LogP contribution in [0.2, 0.25) is 0 Å². The van der Waals surface area contributed by atoms with Gasteiger partial charge in [-0.1, -0.05) is 26.2 Å². The minimum atomic E-state index is -1.05. The lowest BCUT2D eigenvalue weighted by molar-refractivity contribution is 0.0692. The molecular weight excluding hydrogens is 220 g/mol. The van der Waals surface area contributed by atoms with E-state index in [1.54, 1.807) is 0 Å². The van der Waals surface area contributed by atoms with Crippen LogP contribution in [-0.4, -0.2) is 22.8 Å². The third kappa shape index (κ3) is 4.34. The Hall–Kier alpha value is -1.71. The first-order chi connectivity index (χ1) is 8.15. The van der Waals surface area contributed by atoms with E-state index in [2.05, 4.69) is 6.92 Å². The number of hydrogen-bond acceptors (Lipinski definition) is 3. The lowest BCUT2D eigenvalue weighted by Crippen LogP contribution is -2.04. The van der Waals surface area contributed by atoms with E-state index < -0.39 is 5.97 Å². The molecule has 0 aliphatic rings. The SMILES string of the molecule is CCCCCCOc1cc(O)ccc1C(=O)O. The number of unbranched alkanes of at least 4 members (excludes halogenated alkanes) is 3. The van der Waals surface area contributed by atoms with E-state index >= 15 is 0 Å². The fraction of sp³-hybridized carbons (Fsp3) is 0.462. The summed E-state index contributed by atoms with van der Waals surface area (Å²) in [6, 6.07) is 4.02. The van der Waals surface area contributed by atoms with Gasteiger partial charge in [0.25, 0.3) is 0 Å². The molecule has 0 bridgehead atoms.